The number of aryl methyl sites for hydroxylation is 1. The molecule has 1 heterocycles. The van der Waals surface area contributed by atoms with E-state index in [-0.39, 0.29) is 0 Å². The number of hydrogen-bond acceptors (Lipinski definition) is 4. The number of nitrogens with two attached hydrogens (primary N) is 1. The zero-order valence-electron chi connectivity index (χ0n) is 12.2. The lowest BCUT2D eigenvalue weighted by Gasteiger charge is -2.10. The molecule has 0 radical (unpaired) electrons. The van der Waals surface area contributed by atoms with Gasteiger partial charge in [0, 0.05) is 22.3 Å². The fourth-order valence-electron chi connectivity index (χ4n) is 2.04. The molecule has 0 amide bonds. The molecule has 0 saturated carbocycles. The summed E-state index contributed by atoms with van der Waals surface area (Å²) in [4.78, 5) is 4.44. The summed E-state index contributed by atoms with van der Waals surface area (Å²) in [6, 6.07) is 9.68. The molecule has 2 rings (SSSR count). The lowest BCUT2D eigenvalue weighted by molar-refractivity contribution is 0.299. The normalized spacial score (nSPS) is 10.5. The van der Waals surface area contributed by atoms with Crippen LogP contribution in [0.1, 0.15) is 17.0 Å². The number of hydrogen-bond donors (Lipinski definition) is 1. The molecule has 0 unspecified atom stereocenters. The number of benzene rings is 1. The Morgan fingerprint density at radius 3 is 2.71 bits per heavy atom. The molecule has 0 aliphatic rings. The zero-order chi connectivity index (χ0) is 15.2. The average Bonchev–Trinajstić information content (AvgIpc) is 2.47. The van der Waals surface area contributed by atoms with E-state index < -0.39 is 0 Å². The standard InChI is InChI=1S/C16H19BrN2O2/c1-11-7-15(20-2)9-13(19-11)10-21-14-3-4-16(17)12(8-14)5-6-18/h3-4,7-9H,5-6,10,18H2,1-2H3. The fourth-order valence-corrected chi connectivity index (χ4v) is 2.48. The number of methoxy groups -OCH3 is 1. The summed E-state index contributed by atoms with van der Waals surface area (Å²) in [6.07, 6.45) is 0.814. The van der Waals surface area contributed by atoms with Gasteiger partial charge in [-0.3, -0.25) is 4.98 Å². The average molecular weight is 351 g/mol. The third kappa shape index (κ3) is 4.44. The molecule has 2 aromatic rings. The van der Waals surface area contributed by atoms with E-state index in [1.165, 1.54) is 0 Å². The van der Waals surface area contributed by atoms with Crippen molar-refractivity contribution in [1.82, 2.24) is 4.98 Å². The number of pyridine rings is 1. The van der Waals surface area contributed by atoms with Crippen LogP contribution in [0.15, 0.2) is 34.8 Å². The maximum atomic E-state index is 5.81. The quantitative estimate of drug-likeness (QED) is 0.868. The number of nitrogens with zero attached hydrogens (tertiary/aromatic N) is 1. The maximum absolute atomic E-state index is 5.81. The second kappa shape index (κ2) is 7.43. The predicted octanol–water partition coefficient (Wildman–Crippen LogP) is 3.24. The number of rotatable bonds is 6. The zero-order valence-corrected chi connectivity index (χ0v) is 13.8. The second-order valence-corrected chi connectivity index (χ2v) is 5.57. The van der Waals surface area contributed by atoms with Crippen LogP contribution in [0.2, 0.25) is 0 Å². The summed E-state index contributed by atoms with van der Waals surface area (Å²) in [7, 11) is 1.65. The molecular weight excluding hydrogens is 332 g/mol. The first-order valence-corrected chi connectivity index (χ1v) is 7.54. The first kappa shape index (κ1) is 15.8. The number of halogens is 1. The van der Waals surface area contributed by atoms with Gasteiger partial charge in [0.05, 0.1) is 12.8 Å². The number of ether oxygens (including phenoxy) is 2. The molecule has 112 valence electrons. The fraction of sp³-hybridized carbons (Fsp3) is 0.312. The molecule has 2 N–H and O–H groups in total. The molecule has 0 saturated heterocycles. The van der Waals surface area contributed by atoms with Crippen molar-refractivity contribution in [2.45, 2.75) is 20.0 Å². The first-order chi connectivity index (χ1) is 10.1. The first-order valence-electron chi connectivity index (χ1n) is 6.75. The molecule has 0 spiro atoms. The van der Waals surface area contributed by atoms with Crippen LogP contribution in [0.25, 0.3) is 0 Å². The Labute approximate surface area is 133 Å². The van der Waals surface area contributed by atoms with Crippen LogP contribution < -0.4 is 15.2 Å². The Balaban J connectivity index is 2.09. The van der Waals surface area contributed by atoms with Gasteiger partial charge in [0.15, 0.2) is 0 Å². The van der Waals surface area contributed by atoms with Gasteiger partial charge in [-0.05, 0) is 43.7 Å². The highest BCUT2D eigenvalue weighted by Crippen LogP contribution is 2.24. The Kier molecular flexibility index (Phi) is 5.59. The Hall–Kier alpha value is -1.59. The van der Waals surface area contributed by atoms with Crippen molar-refractivity contribution in [2.75, 3.05) is 13.7 Å². The van der Waals surface area contributed by atoms with Crippen LogP contribution in [-0.2, 0) is 13.0 Å². The van der Waals surface area contributed by atoms with Crippen molar-refractivity contribution >= 4 is 15.9 Å². The molecule has 0 aliphatic heterocycles. The molecule has 4 nitrogen and oxygen atoms in total. The van der Waals surface area contributed by atoms with Crippen molar-refractivity contribution < 1.29 is 9.47 Å². The summed E-state index contributed by atoms with van der Waals surface area (Å²) < 4.78 is 12.1. The second-order valence-electron chi connectivity index (χ2n) is 4.72. The maximum Gasteiger partial charge on any atom is 0.130 e. The van der Waals surface area contributed by atoms with Crippen molar-refractivity contribution in [3.05, 3.63) is 51.8 Å². The Morgan fingerprint density at radius 1 is 1.19 bits per heavy atom. The highest BCUT2D eigenvalue weighted by molar-refractivity contribution is 9.10. The van der Waals surface area contributed by atoms with Gasteiger partial charge < -0.3 is 15.2 Å². The van der Waals surface area contributed by atoms with Crippen molar-refractivity contribution in [3.8, 4) is 11.5 Å². The van der Waals surface area contributed by atoms with Gasteiger partial charge in [-0.15, -0.1) is 0 Å². The van der Waals surface area contributed by atoms with Gasteiger partial charge >= 0.3 is 0 Å². The van der Waals surface area contributed by atoms with Gasteiger partial charge in [0.1, 0.15) is 18.1 Å². The van der Waals surface area contributed by atoms with E-state index in [0.717, 1.165) is 39.3 Å². The van der Waals surface area contributed by atoms with E-state index in [1.54, 1.807) is 7.11 Å². The third-order valence-electron chi connectivity index (χ3n) is 3.03. The van der Waals surface area contributed by atoms with Crippen molar-refractivity contribution in [3.63, 3.8) is 0 Å². The molecule has 21 heavy (non-hydrogen) atoms. The van der Waals surface area contributed by atoms with Crippen LogP contribution >= 0.6 is 15.9 Å². The third-order valence-corrected chi connectivity index (χ3v) is 3.81. The monoisotopic (exact) mass is 350 g/mol. The van der Waals surface area contributed by atoms with Gasteiger partial charge in [0.25, 0.3) is 0 Å². The van der Waals surface area contributed by atoms with Crippen LogP contribution in [0.3, 0.4) is 0 Å². The van der Waals surface area contributed by atoms with E-state index >= 15 is 0 Å². The molecule has 0 aliphatic carbocycles. The lowest BCUT2D eigenvalue weighted by Crippen LogP contribution is -2.04. The topological polar surface area (TPSA) is 57.4 Å². The minimum atomic E-state index is 0.405. The van der Waals surface area contributed by atoms with Gasteiger partial charge in [-0.25, -0.2) is 0 Å². The van der Waals surface area contributed by atoms with Crippen LogP contribution in [0.4, 0.5) is 0 Å². The Bertz CT molecular complexity index is 617. The molecule has 1 aromatic carbocycles. The SMILES string of the molecule is COc1cc(C)nc(COc2ccc(Br)c(CCN)c2)c1. The highest BCUT2D eigenvalue weighted by Gasteiger charge is 2.05. The highest BCUT2D eigenvalue weighted by atomic mass is 79.9. The van der Waals surface area contributed by atoms with Gasteiger partial charge in [-0.1, -0.05) is 15.9 Å². The minimum Gasteiger partial charge on any atom is -0.497 e. The Morgan fingerprint density at radius 2 is 2.00 bits per heavy atom. The van der Waals surface area contributed by atoms with E-state index in [9.17, 15) is 0 Å². The summed E-state index contributed by atoms with van der Waals surface area (Å²) >= 11 is 3.52. The molecule has 0 atom stereocenters. The summed E-state index contributed by atoms with van der Waals surface area (Å²) in [6.45, 7) is 2.95. The van der Waals surface area contributed by atoms with Gasteiger partial charge in [0.2, 0.25) is 0 Å². The summed E-state index contributed by atoms with van der Waals surface area (Å²) in [5.41, 5.74) is 8.50. The van der Waals surface area contributed by atoms with E-state index in [2.05, 4.69) is 20.9 Å². The van der Waals surface area contributed by atoms with E-state index in [0.29, 0.717) is 13.2 Å². The van der Waals surface area contributed by atoms with Crippen molar-refractivity contribution in [2.24, 2.45) is 5.73 Å². The molecule has 1 aromatic heterocycles. The lowest BCUT2D eigenvalue weighted by atomic mass is 10.1. The molecular formula is C16H19BrN2O2. The smallest absolute Gasteiger partial charge is 0.130 e. The summed E-state index contributed by atoms with van der Waals surface area (Å²) in [5.74, 6) is 1.60. The van der Waals surface area contributed by atoms with Crippen molar-refractivity contribution in [1.29, 1.82) is 0 Å². The minimum absolute atomic E-state index is 0.405. The van der Waals surface area contributed by atoms with E-state index in [4.69, 9.17) is 15.2 Å². The number of aromatic nitrogens is 1. The van der Waals surface area contributed by atoms with Crippen LogP contribution in [0, 0.1) is 6.92 Å². The molecule has 0 fully saturated rings. The van der Waals surface area contributed by atoms with Crippen LogP contribution in [0.5, 0.6) is 11.5 Å². The molecule has 0 bridgehead atoms. The summed E-state index contributed by atoms with van der Waals surface area (Å²) in [5, 5.41) is 0. The molecule has 5 heteroatoms. The van der Waals surface area contributed by atoms with E-state index in [1.807, 2.05) is 37.3 Å². The van der Waals surface area contributed by atoms with Gasteiger partial charge in [-0.2, -0.15) is 0 Å². The van der Waals surface area contributed by atoms with Crippen LogP contribution in [-0.4, -0.2) is 18.6 Å². The predicted molar refractivity (Wildman–Crippen MR) is 86.8 cm³/mol. The largest absolute Gasteiger partial charge is 0.497 e.